The third kappa shape index (κ3) is 3.07. The molecule has 0 unspecified atom stereocenters. The average Bonchev–Trinajstić information content (AvgIpc) is 2.83. The van der Waals surface area contributed by atoms with Crippen molar-refractivity contribution < 1.29 is 0 Å². The van der Waals surface area contributed by atoms with Gasteiger partial charge in [-0.3, -0.25) is 0 Å². The number of nitrogens with two attached hydrogens (primary N) is 1. The molecule has 20 heavy (non-hydrogen) atoms. The van der Waals surface area contributed by atoms with Crippen molar-refractivity contribution in [1.29, 1.82) is 0 Å². The van der Waals surface area contributed by atoms with Crippen molar-refractivity contribution in [2.45, 2.75) is 39.7 Å². The van der Waals surface area contributed by atoms with Crippen molar-refractivity contribution in [3.05, 3.63) is 28.0 Å². The zero-order valence-electron chi connectivity index (χ0n) is 12.6. The lowest BCUT2D eigenvalue weighted by Crippen LogP contribution is -2.24. The number of hydrogen-bond donors (Lipinski definition) is 1. The first-order chi connectivity index (χ1) is 9.29. The molecule has 0 fully saturated rings. The molecule has 0 spiro atoms. The molecule has 2 aromatic rings. The van der Waals surface area contributed by atoms with Crippen LogP contribution in [0.1, 0.15) is 37.9 Å². The molecular weight excluding hydrogens is 270 g/mol. The van der Waals surface area contributed by atoms with Crippen LogP contribution in [-0.4, -0.2) is 22.0 Å². The van der Waals surface area contributed by atoms with Crippen molar-refractivity contribution in [2.24, 2.45) is 0 Å². The van der Waals surface area contributed by atoms with E-state index in [0.29, 0.717) is 12.4 Å². The second kappa shape index (κ2) is 5.36. The minimum absolute atomic E-state index is 0.127. The van der Waals surface area contributed by atoms with Gasteiger partial charge in [-0.2, -0.15) is 0 Å². The maximum absolute atomic E-state index is 6.04. The zero-order chi connectivity index (χ0) is 14.9. The van der Waals surface area contributed by atoms with E-state index in [1.54, 1.807) is 11.3 Å². The third-order valence-corrected chi connectivity index (χ3v) is 3.71. The van der Waals surface area contributed by atoms with Gasteiger partial charge in [-0.25, -0.2) is 15.0 Å². The van der Waals surface area contributed by atoms with Gasteiger partial charge in [0.2, 0.25) is 0 Å². The van der Waals surface area contributed by atoms with Crippen molar-refractivity contribution in [3.8, 4) is 0 Å². The molecule has 0 saturated heterocycles. The molecule has 0 bridgehead atoms. The minimum atomic E-state index is -0.127. The normalized spacial score (nSPS) is 11.7. The summed E-state index contributed by atoms with van der Waals surface area (Å²) in [6.45, 7) is 8.92. The van der Waals surface area contributed by atoms with Crippen molar-refractivity contribution in [1.82, 2.24) is 15.0 Å². The third-order valence-electron chi connectivity index (χ3n) is 3.07. The first-order valence-electron chi connectivity index (χ1n) is 6.52. The molecule has 5 nitrogen and oxygen atoms in total. The van der Waals surface area contributed by atoms with Gasteiger partial charge < -0.3 is 10.6 Å². The second-order valence-corrected chi connectivity index (χ2v) is 6.69. The fourth-order valence-corrected chi connectivity index (χ4v) is 2.41. The van der Waals surface area contributed by atoms with Crippen molar-refractivity contribution >= 4 is 23.0 Å². The highest BCUT2D eigenvalue weighted by Crippen LogP contribution is 2.27. The quantitative estimate of drug-likeness (QED) is 0.941. The second-order valence-electron chi connectivity index (χ2n) is 5.97. The van der Waals surface area contributed by atoms with Gasteiger partial charge >= 0.3 is 0 Å². The molecular formula is C14H21N5S. The Hall–Kier alpha value is -1.69. The summed E-state index contributed by atoms with van der Waals surface area (Å²) in [7, 11) is 2.00. The predicted molar refractivity (Wildman–Crippen MR) is 84.1 cm³/mol. The maximum atomic E-state index is 6.04. The van der Waals surface area contributed by atoms with E-state index in [-0.39, 0.29) is 5.41 Å². The van der Waals surface area contributed by atoms with E-state index in [4.69, 9.17) is 10.7 Å². The van der Waals surface area contributed by atoms with Crippen LogP contribution in [0.2, 0.25) is 0 Å². The predicted octanol–water partition coefficient (Wildman–Crippen LogP) is 2.76. The molecule has 6 heteroatoms. The Bertz CT molecular complexity index is 586. The molecule has 0 aliphatic carbocycles. The number of anilines is 2. The van der Waals surface area contributed by atoms with Gasteiger partial charge in [0.05, 0.1) is 17.7 Å². The Morgan fingerprint density at radius 1 is 1.30 bits per heavy atom. The number of nitrogen functional groups attached to an aromatic ring is 1. The number of hydrogen-bond acceptors (Lipinski definition) is 6. The van der Waals surface area contributed by atoms with Gasteiger partial charge in [-0.1, -0.05) is 20.8 Å². The summed E-state index contributed by atoms with van der Waals surface area (Å²) in [4.78, 5) is 15.5. The van der Waals surface area contributed by atoms with E-state index >= 15 is 0 Å². The van der Waals surface area contributed by atoms with E-state index in [1.807, 2.05) is 24.9 Å². The lowest BCUT2D eigenvalue weighted by Gasteiger charge is -2.24. The molecule has 2 heterocycles. The topological polar surface area (TPSA) is 67.9 Å². The summed E-state index contributed by atoms with van der Waals surface area (Å²) in [5.74, 6) is 2.18. The van der Waals surface area contributed by atoms with Crippen LogP contribution in [0, 0.1) is 6.92 Å². The lowest BCUT2D eigenvalue weighted by atomic mass is 9.95. The van der Waals surface area contributed by atoms with Crippen LogP contribution >= 0.6 is 11.3 Å². The summed E-state index contributed by atoms with van der Waals surface area (Å²) in [5.41, 5.74) is 9.70. The SMILES string of the molecule is Cc1c(N)nc(C(C)(C)C)nc1N(C)Cc1cscn1. The standard InChI is InChI=1S/C14H21N5S/c1-9-11(15)17-13(14(2,3)4)18-12(9)19(5)6-10-7-20-8-16-10/h7-8H,6H2,1-5H3,(H2,15,17,18). The molecule has 0 aliphatic rings. The van der Waals surface area contributed by atoms with E-state index in [9.17, 15) is 0 Å². The molecule has 108 valence electrons. The van der Waals surface area contributed by atoms with E-state index in [0.717, 1.165) is 22.9 Å². The first-order valence-corrected chi connectivity index (χ1v) is 7.46. The fraction of sp³-hybridized carbons (Fsp3) is 0.500. The lowest BCUT2D eigenvalue weighted by molar-refractivity contribution is 0.545. The van der Waals surface area contributed by atoms with E-state index in [1.165, 1.54) is 0 Å². The molecule has 0 saturated carbocycles. The largest absolute Gasteiger partial charge is 0.383 e. The van der Waals surface area contributed by atoms with Crippen molar-refractivity contribution in [2.75, 3.05) is 17.7 Å². The Kier molecular flexibility index (Phi) is 3.94. The molecule has 0 aromatic carbocycles. The molecule has 2 aromatic heterocycles. The van der Waals surface area contributed by atoms with Crippen LogP contribution in [-0.2, 0) is 12.0 Å². The molecule has 0 aliphatic heterocycles. The smallest absolute Gasteiger partial charge is 0.138 e. The van der Waals surface area contributed by atoms with E-state index in [2.05, 4.69) is 35.6 Å². The number of thiazole rings is 1. The molecule has 2 rings (SSSR count). The number of nitrogens with zero attached hydrogens (tertiary/aromatic N) is 4. The molecule has 0 amide bonds. The highest BCUT2D eigenvalue weighted by Gasteiger charge is 2.21. The van der Waals surface area contributed by atoms with Gasteiger partial charge in [-0.05, 0) is 6.92 Å². The fourth-order valence-electron chi connectivity index (χ4n) is 1.86. The summed E-state index contributed by atoms with van der Waals surface area (Å²) in [6.07, 6.45) is 0. The van der Waals surface area contributed by atoms with E-state index < -0.39 is 0 Å². The molecule has 2 N–H and O–H groups in total. The van der Waals surface area contributed by atoms with Crippen LogP contribution in [0.5, 0.6) is 0 Å². The summed E-state index contributed by atoms with van der Waals surface area (Å²) in [6, 6.07) is 0. The summed E-state index contributed by atoms with van der Waals surface area (Å²) >= 11 is 1.60. The number of rotatable bonds is 3. The average molecular weight is 291 g/mol. The highest BCUT2D eigenvalue weighted by molar-refractivity contribution is 7.07. The minimum Gasteiger partial charge on any atom is -0.383 e. The summed E-state index contributed by atoms with van der Waals surface area (Å²) < 4.78 is 0. The van der Waals surface area contributed by atoms with Crippen LogP contribution in [0.3, 0.4) is 0 Å². The number of aromatic nitrogens is 3. The van der Waals surface area contributed by atoms with Gasteiger partial charge in [0.15, 0.2) is 0 Å². The Balaban J connectivity index is 2.37. The van der Waals surface area contributed by atoms with Gasteiger partial charge in [0.1, 0.15) is 17.5 Å². The van der Waals surface area contributed by atoms with Crippen molar-refractivity contribution in [3.63, 3.8) is 0 Å². The molecule has 0 atom stereocenters. The first kappa shape index (κ1) is 14.7. The monoisotopic (exact) mass is 291 g/mol. The maximum Gasteiger partial charge on any atom is 0.138 e. The Labute approximate surface area is 123 Å². The summed E-state index contributed by atoms with van der Waals surface area (Å²) in [5, 5.41) is 2.04. The van der Waals surface area contributed by atoms with Crippen LogP contribution < -0.4 is 10.6 Å². The Morgan fingerprint density at radius 3 is 2.55 bits per heavy atom. The van der Waals surface area contributed by atoms with Gasteiger partial charge in [-0.15, -0.1) is 11.3 Å². The van der Waals surface area contributed by atoms with Crippen LogP contribution in [0.15, 0.2) is 10.9 Å². The zero-order valence-corrected chi connectivity index (χ0v) is 13.5. The van der Waals surface area contributed by atoms with Gasteiger partial charge in [0.25, 0.3) is 0 Å². The Morgan fingerprint density at radius 2 is 2.00 bits per heavy atom. The highest BCUT2D eigenvalue weighted by atomic mass is 32.1. The van der Waals surface area contributed by atoms with Gasteiger partial charge in [0, 0.05) is 23.4 Å². The van der Waals surface area contributed by atoms with Crippen LogP contribution in [0.25, 0.3) is 0 Å². The molecule has 0 radical (unpaired) electrons. The van der Waals surface area contributed by atoms with Crippen LogP contribution in [0.4, 0.5) is 11.6 Å².